The number of anilines is 2. The molecule has 0 unspecified atom stereocenters. The largest absolute Gasteiger partial charge is 0.497 e. The smallest absolute Gasteiger partial charge is 0.308 e. The van der Waals surface area contributed by atoms with Crippen molar-refractivity contribution in [2.45, 2.75) is 16.2 Å². The van der Waals surface area contributed by atoms with E-state index in [2.05, 4.69) is 17.0 Å². The number of fused-ring (bicyclic) bond motifs is 2. The number of nitrogens with zero attached hydrogens (tertiary/aromatic N) is 1. The fourth-order valence-electron chi connectivity index (χ4n) is 3.55. The number of hydrogen-bond acceptors (Lipinski definition) is 7. The monoisotopic (exact) mass is 449 g/mol. The third-order valence-corrected chi connectivity index (χ3v) is 6.27. The van der Waals surface area contributed by atoms with E-state index >= 15 is 0 Å². The predicted octanol–water partition coefficient (Wildman–Crippen LogP) is 5.12. The van der Waals surface area contributed by atoms with Crippen molar-refractivity contribution < 1.29 is 23.8 Å². The quantitative estimate of drug-likeness (QED) is 0.349. The van der Waals surface area contributed by atoms with Crippen LogP contribution < -0.4 is 14.4 Å². The van der Waals surface area contributed by atoms with E-state index in [1.165, 1.54) is 14.2 Å². The van der Waals surface area contributed by atoms with Gasteiger partial charge in [-0.3, -0.25) is 9.59 Å². The second-order valence-corrected chi connectivity index (χ2v) is 8.17. The highest BCUT2D eigenvalue weighted by Gasteiger charge is 2.23. The second kappa shape index (κ2) is 9.78. The van der Waals surface area contributed by atoms with Crippen molar-refractivity contribution in [3.8, 4) is 11.5 Å². The number of carbonyl (C=O) groups is 2. The number of carbonyl (C=O) groups excluding carboxylic acids is 2. The molecule has 7 heteroatoms. The first-order valence-electron chi connectivity index (χ1n) is 10.1. The number of ether oxygens (including phenoxy) is 3. The highest BCUT2D eigenvalue weighted by molar-refractivity contribution is 7.99. The topological polar surface area (TPSA) is 65.1 Å². The predicted molar refractivity (Wildman–Crippen MR) is 123 cm³/mol. The van der Waals surface area contributed by atoms with Gasteiger partial charge < -0.3 is 19.1 Å². The van der Waals surface area contributed by atoms with Crippen LogP contribution in [0.5, 0.6) is 11.5 Å². The summed E-state index contributed by atoms with van der Waals surface area (Å²) in [6, 6.07) is 21.1. The zero-order valence-electron chi connectivity index (χ0n) is 17.9. The third kappa shape index (κ3) is 4.57. The van der Waals surface area contributed by atoms with Gasteiger partial charge in [-0.2, -0.15) is 0 Å². The van der Waals surface area contributed by atoms with Gasteiger partial charge in [-0.05, 0) is 42.5 Å². The number of para-hydroxylation sites is 2. The number of rotatable bonds is 8. The molecule has 3 aromatic rings. The summed E-state index contributed by atoms with van der Waals surface area (Å²) in [7, 11) is 3.00. The molecule has 6 nitrogen and oxygen atoms in total. The van der Waals surface area contributed by atoms with Crippen molar-refractivity contribution in [1.82, 2.24) is 0 Å². The number of esters is 1. The van der Waals surface area contributed by atoms with Crippen molar-refractivity contribution in [2.24, 2.45) is 0 Å². The van der Waals surface area contributed by atoms with Gasteiger partial charge in [0.05, 0.1) is 37.6 Å². The maximum absolute atomic E-state index is 12.6. The highest BCUT2D eigenvalue weighted by atomic mass is 32.2. The normalized spacial score (nSPS) is 11.9. The Bertz CT molecular complexity index is 1100. The van der Waals surface area contributed by atoms with Gasteiger partial charge in [0, 0.05) is 16.3 Å². The first-order valence-corrected chi connectivity index (χ1v) is 11.0. The molecule has 0 fully saturated rings. The summed E-state index contributed by atoms with van der Waals surface area (Å²) >= 11 is 1.71. The van der Waals surface area contributed by atoms with Crippen LogP contribution in [0.2, 0.25) is 0 Å². The Hall–Kier alpha value is -3.45. The van der Waals surface area contributed by atoms with E-state index in [1.54, 1.807) is 30.0 Å². The molecule has 3 aromatic carbocycles. The summed E-state index contributed by atoms with van der Waals surface area (Å²) in [5, 5.41) is 0. The summed E-state index contributed by atoms with van der Waals surface area (Å²) < 4.78 is 15.7. The van der Waals surface area contributed by atoms with Crippen LogP contribution in [0.15, 0.2) is 76.5 Å². The molecule has 4 rings (SSSR count). The minimum absolute atomic E-state index is 0.149. The minimum atomic E-state index is -0.437. The molecule has 0 radical (unpaired) electrons. The van der Waals surface area contributed by atoms with Crippen LogP contribution in [-0.4, -0.2) is 39.1 Å². The minimum Gasteiger partial charge on any atom is -0.497 e. The van der Waals surface area contributed by atoms with Crippen molar-refractivity contribution in [1.29, 1.82) is 0 Å². The maximum atomic E-state index is 12.6. The first-order chi connectivity index (χ1) is 15.6. The summed E-state index contributed by atoms with van der Waals surface area (Å²) in [4.78, 5) is 29.5. The average Bonchev–Trinajstić information content (AvgIpc) is 2.84. The van der Waals surface area contributed by atoms with Crippen LogP contribution in [0.3, 0.4) is 0 Å². The summed E-state index contributed by atoms with van der Waals surface area (Å²) in [5.74, 6) is 0.152. The van der Waals surface area contributed by atoms with E-state index in [0.29, 0.717) is 23.6 Å². The molecule has 1 heterocycles. The lowest BCUT2D eigenvalue weighted by atomic mass is 10.1. The zero-order chi connectivity index (χ0) is 22.5. The number of methoxy groups -OCH3 is 2. The SMILES string of the molecule is COc1ccc(OC)c(C(=O)COC(=O)CCN2c3ccccc3Sc3ccccc32)c1. The first kappa shape index (κ1) is 21.8. The van der Waals surface area contributed by atoms with Gasteiger partial charge >= 0.3 is 5.97 Å². The number of ketones is 1. The van der Waals surface area contributed by atoms with Gasteiger partial charge in [0.2, 0.25) is 5.78 Å². The molecule has 1 aliphatic heterocycles. The third-order valence-electron chi connectivity index (χ3n) is 5.14. The van der Waals surface area contributed by atoms with Gasteiger partial charge in [-0.15, -0.1) is 0 Å². The number of Topliss-reactive ketones (excluding diaryl/α,β-unsaturated/α-hetero) is 1. The summed E-state index contributed by atoms with van der Waals surface area (Å²) in [6.07, 6.45) is 0.149. The van der Waals surface area contributed by atoms with Crippen LogP contribution in [0.4, 0.5) is 11.4 Å². The molecule has 0 saturated heterocycles. The van der Waals surface area contributed by atoms with Crippen molar-refractivity contribution in [2.75, 3.05) is 32.3 Å². The highest BCUT2D eigenvalue weighted by Crippen LogP contribution is 2.47. The Labute approximate surface area is 191 Å². The molecule has 0 amide bonds. The van der Waals surface area contributed by atoms with Crippen LogP contribution >= 0.6 is 11.8 Å². The van der Waals surface area contributed by atoms with E-state index in [9.17, 15) is 9.59 Å². The van der Waals surface area contributed by atoms with Crippen LogP contribution in [0, 0.1) is 0 Å². The molecule has 32 heavy (non-hydrogen) atoms. The molecule has 1 aliphatic rings. The molecular formula is C25H23NO5S. The second-order valence-electron chi connectivity index (χ2n) is 7.09. The van der Waals surface area contributed by atoms with E-state index in [1.807, 2.05) is 36.4 Å². The lowest BCUT2D eigenvalue weighted by Crippen LogP contribution is -2.25. The fraction of sp³-hybridized carbons (Fsp3) is 0.200. The van der Waals surface area contributed by atoms with Crippen molar-refractivity contribution in [3.05, 3.63) is 72.3 Å². The Morgan fingerprint density at radius 2 is 1.53 bits per heavy atom. The summed E-state index contributed by atoms with van der Waals surface area (Å²) in [5.41, 5.74) is 2.43. The van der Waals surface area contributed by atoms with Crippen LogP contribution in [-0.2, 0) is 9.53 Å². The van der Waals surface area contributed by atoms with Gasteiger partial charge in [-0.1, -0.05) is 36.0 Å². The molecule has 0 bridgehead atoms. The Morgan fingerprint density at radius 3 is 2.16 bits per heavy atom. The van der Waals surface area contributed by atoms with E-state index in [0.717, 1.165) is 21.2 Å². The molecule has 0 aromatic heterocycles. The molecule has 0 saturated carbocycles. The molecule has 0 spiro atoms. The summed E-state index contributed by atoms with van der Waals surface area (Å²) in [6.45, 7) is 0.0927. The molecule has 0 atom stereocenters. The van der Waals surface area contributed by atoms with E-state index < -0.39 is 5.97 Å². The van der Waals surface area contributed by atoms with E-state index in [-0.39, 0.29) is 18.8 Å². The van der Waals surface area contributed by atoms with Crippen LogP contribution in [0.1, 0.15) is 16.8 Å². The molecule has 0 N–H and O–H groups in total. The van der Waals surface area contributed by atoms with Crippen LogP contribution in [0.25, 0.3) is 0 Å². The molecular weight excluding hydrogens is 426 g/mol. The van der Waals surface area contributed by atoms with Gasteiger partial charge in [0.1, 0.15) is 11.5 Å². The molecule has 164 valence electrons. The maximum Gasteiger partial charge on any atom is 0.308 e. The lowest BCUT2D eigenvalue weighted by Gasteiger charge is -2.32. The fourth-order valence-corrected chi connectivity index (χ4v) is 4.65. The van der Waals surface area contributed by atoms with Gasteiger partial charge in [0.25, 0.3) is 0 Å². The zero-order valence-corrected chi connectivity index (χ0v) is 18.7. The lowest BCUT2D eigenvalue weighted by molar-refractivity contribution is -0.142. The standard InChI is InChI=1S/C25H23NO5S/c1-29-17-11-12-22(30-2)18(15-17)21(27)16-31-25(28)13-14-26-19-7-3-5-9-23(19)32-24-10-6-4-8-20(24)26/h3-12,15H,13-14,16H2,1-2H3. The Kier molecular flexibility index (Phi) is 6.66. The number of hydrogen-bond donors (Lipinski definition) is 0. The average molecular weight is 450 g/mol. The Morgan fingerprint density at radius 1 is 0.875 bits per heavy atom. The van der Waals surface area contributed by atoms with Gasteiger partial charge in [-0.25, -0.2) is 0 Å². The number of benzene rings is 3. The van der Waals surface area contributed by atoms with Crippen molar-refractivity contribution in [3.63, 3.8) is 0 Å². The van der Waals surface area contributed by atoms with E-state index in [4.69, 9.17) is 14.2 Å². The molecule has 0 aliphatic carbocycles. The van der Waals surface area contributed by atoms with Crippen molar-refractivity contribution >= 4 is 34.9 Å². The Balaban J connectivity index is 1.41. The van der Waals surface area contributed by atoms with Gasteiger partial charge in [0.15, 0.2) is 6.61 Å².